The molecule has 23 heavy (non-hydrogen) atoms. The highest BCUT2D eigenvalue weighted by atomic mass is 19.4. The molecule has 0 aliphatic rings. The van der Waals surface area contributed by atoms with E-state index in [-0.39, 0.29) is 17.1 Å². The number of hydrogen-bond acceptors (Lipinski definition) is 4. The number of pyridine rings is 1. The summed E-state index contributed by atoms with van der Waals surface area (Å²) in [6.07, 6.45) is -3.36. The van der Waals surface area contributed by atoms with Crippen LogP contribution in [0, 0.1) is 5.82 Å². The summed E-state index contributed by atoms with van der Waals surface area (Å²) in [7, 11) is 1.24. The fraction of sp³-hybridized carbons (Fsp3) is 0.143. The number of halogens is 4. The normalized spacial score (nSPS) is 11.0. The SMILES string of the molecule is COc1ncc(NNC(=O)c2cccc(C(F)(F)F)c2)cc1F. The van der Waals surface area contributed by atoms with E-state index < -0.39 is 23.5 Å². The molecular weight excluding hydrogens is 318 g/mol. The summed E-state index contributed by atoms with van der Waals surface area (Å²) >= 11 is 0. The fourth-order valence-corrected chi connectivity index (χ4v) is 1.68. The minimum atomic E-state index is -4.55. The summed E-state index contributed by atoms with van der Waals surface area (Å²) in [6.45, 7) is 0. The van der Waals surface area contributed by atoms with Crippen LogP contribution in [0.25, 0.3) is 0 Å². The number of carbonyl (C=O) groups is 1. The van der Waals surface area contributed by atoms with Gasteiger partial charge in [-0.15, -0.1) is 0 Å². The molecule has 0 saturated carbocycles. The monoisotopic (exact) mass is 329 g/mol. The first-order chi connectivity index (χ1) is 10.8. The number of alkyl halides is 3. The standard InChI is InChI=1S/C14H11F4N3O2/c1-23-13-11(15)6-10(7-19-13)20-21-12(22)8-3-2-4-9(5-8)14(16,17)18/h2-7,20H,1H3,(H,21,22). The molecule has 0 aliphatic heterocycles. The highest BCUT2D eigenvalue weighted by Crippen LogP contribution is 2.29. The van der Waals surface area contributed by atoms with Crippen molar-refractivity contribution in [2.24, 2.45) is 0 Å². The van der Waals surface area contributed by atoms with E-state index in [0.717, 1.165) is 18.2 Å². The van der Waals surface area contributed by atoms with Crippen LogP contribution in [0.15, 0.2) is 36.5 Å². The number of methoxy groups -OCH3 is 1. The first-order valence-electron chi connectivity index (χ1n) is 6.24. The van der Waals surface area contributed by atoms with E-state index in [4.69, 9.17) is 0 Å². The smallest absolute Gasteiger partial charge is 0.416 e. The van der Waals surface area contributed by atoms with Gasteiger partial charge in [0.1, 0.15) is 0 Å². The fourth-order valence-electron chi connectivity index (χ4n) is 1.68. The Kier molecular flexibility index (Phi) is 4.68. The van der Waals surface area contributed by atoms with Gasteiger partial charge in [0.05, 0.1) is 24.6 Å². The number of hydrogen-bond donors (Lipinski definition) is 2. The molecule has 1 aromatic carbocycles. The average molecular weight is 329 g/mol. The molecule has 0 saturated heterocycles. The van der Waals surface area contributed by atoms with Crippen molar-refractivity contribution >= 4 is 11.6 Å². The van der Waals surface area contributed by atoms with E-state index in [1.807, 2.05) is 0 Å². The van der Waals surface area contributed by atoms with Gasteiger partial charge in [-0.25, -0.2) is 9.37 Å². The third-order valence-electron chi connectivity index (χ3n) is 2.77. The van der Waals surface area contributed by atoms with E-state index in [1.165, 1.54) is 19.4 Å². The molecule has 1 heterocycles. The number of hydrazine groups is 1. The zero-order valence-electron chi connectivity index (χ0n) is 11.7. The van der Waals surface area contributed by atoms with Gasteiger partial charge in [0, 0.05) is 11.6 Å². The Hall–Kier alpha value is -2.84. The molecule has 2 rings (SSSR count). The second-order valence-corrected chi connectivity index (χ2v) is 4.37. The molecule has 0 aliphatic carbocycles. The number of benzene rings is 1. The van der Waals surface area contributed by atoms with Gasteiger partial charge in [-0.3, -0.25) is 15.6 Å². The second kappa shape index (κ2) is 6.51. The predicted molar refractivity (Wildman–Crippen MR) is 73.3 cm³/mol. The zero-order chi connectivity index (χ0) is 17.0. The molecule has 2 N–H and O–H groups in total. The third kappa shape index (κ3) is 4.09. The predicted octanol–water partition coefficient (Wildman–Crippen LogP) is 3.01. The summed E-state index contributed by atoms with van der Waals surface area (Å²) in [6, 6.07) is 4.92. The number of amides is 1. The van der Waals surface area contributed by atoms with Gasteiger partial charge in [-0.2, -0.15) is 13.2 Å². The summed E-state index contributed by atoms with van der Waals surface area (Å²) < 4.78 is 55.8. The van der Waals surface area contributed by atoms with Crippen LogP contribution in [0.5, 0.6) is 5.88 Å². The summed E-state index contributed by atoms with van der Waals surface area (Å²) in [5, 5.41) is 0. The highest BCUT2D eigenvalue weighted by molar-refractivity contribution is 5.95. The van der Waals surface area contributed by atoms with E-state index in [9.17, 15) is 22.4 Å². The second-order valence-electron chi connectivity index (χ2n) is 4.37. The highest BCUT2D eigenvalue weighted by Gasteiger charge is 2.30. The van der Waals surface area contributed by atoms with E-state index >= 15 is 0 Å². The van der Waals surface area contributed by atoms with E-state index in [0.29, 0.717) is 6.07 Å². The lowest BCUT2D eigenvalue weighted by atomic mass is 10.1. The molecule has 1 amide bonds. The number of anilines is 1. The Morgan fingerprint density at radius 2 is 2.00 bits per heavy atom. The summed E-state index contributed by atoms with van der Waals surface area (Å²) in [5.41, 5.74) is 3.47. The van der Waals surface area contributed by atoms with Gasteiger partial charge < -0.3 is 4.74 Å². The van der Waals surface area contributed by atoms with Crippen LogP contribution in [0.4, 0.5) is 23.2 Å². The van der Waals surface area contributed by atoms with Gasteiger partial charge >= 0.3 is 6.18 Å². The van der Waals surface area contributed by atoms with Gasteiger partial charge in [0.2, 0.25) is 5.88 Å². The first-order valence-corrected chi connectivity index (χ1v) is 6.24. The van der Waals surface area contributed by atoms with Crippen LogP contribution in [0.3, 0.4) is 0 Å². The van der Waals surface area contributed by atoms with Crippen molar-refractivity contribution in [3.8, 4) is 5.88 Å². The molecule has 0 radical (unpaired) electrons. The van der Waals surface area contributed by atoms with Gasteiger partial charge in [0.15, 0.2) is 5.82 Å². The van der Waals surface area contributed by atoms with Crippen molar-refractivity contribution in [3.05, 3.63) is 53.5 Å². The van der Waals surface area contributed by atoms with Crippen molar-refractivity contribution < 1.29 is 27.1 Å². The Bertz CT molecular complexity index is 719. The number of aromatic nitrogens is 1. The molecule has 0 atom stereocenters. The minimum absolute atomic E-state index is 0.101. The molecule has 0 bridgehead atoms. The Labute approximate surface area is 128 Å². The molecule has 9 heteroatoms. The average Bonchev–Trinajstić information content (AvgIpc) is 2.52. The quantitative estimate of drug-likeness (QED) is 0.669. The van der Waals surface area contributed by atoms with Crippen LogP contribution in [0.2, 0.25) is 0 Å². The Balaban J connectivity index is 2.07. The Morgan fingerprint density at radius 1 is 1.26 bits per heavy atom. The summed E-state index contributed by atoms with van der Waals surface area (Å²) in [4.78, 5) is 15.5. The van der Waals surface area contributed by atoms with Gasteiger partial charge in [0.25, 0.3) is 5.91 Å². The van der Waals surface area contributed by atoms with E-state index in [2.05, 4.69) is 20.6 Å². The van der Waals surface area contributed by atoms with Crippen LogP contribution in [0.1, 0.15) is 15.9 Å². The maximum absolute atomic E-state index is 13.4. The number of rotatable bonds is 4. The lowest BCUT2D eigenvalue weighted by Crippen LogP contribution is -2.29. The molecule has 0 unspecified atom stereocenters. The molecule has 0 fully saturated rings. The van der Waals surface area contributed by atoms with Gasteiger partial charge in [-0.1, -0.05) is 6.07 Å². The number of ether oxygens (including phenoxy) is 1. The van der Waals surface area contributed by atoms with Gasteiger partial charge in [-0.05, 0) is 18.2 Å². The van der Waals surface area contributed by atoms with Crippen molar-refractivity contribution in [3.63, 3.8) is 0 Å². The maximum atomic E-state index is 13.4. The van der Waals surface area contributed by atoms with Crippen molar-refractivity contribution in [1.82, 2.24) is 10.4 Å². The Morgan fingerprint density at radius 3 is 2.61 bits per heavy atom. The lowest BCUT2D eigenvalue weighted by molar-refractivity contribution is -0.137. The number of carbonyl (C=O) groups excluding carboxylic acids is 1. The van der Waals surface area contributed by atoms with E-state index in [1.54, 1.807) is 0 Å². The third-order valence-corrected chi connectivity index (χ3v) is 2.77. The topological polar surface area (TPSA) is 63.2 Å². The summed E-state index contributed by atoms with van der Waals surface area (Å²) in [5.74, 6) is -1.79. The lowest BCUT2D eigenvalue weighted by Gasteiger charge is -2.11. The molecule has 5 nitrogen and oxygen atoms in total. The van der Waals surface area contributed by atoms with Crippen LogP contribution >= 0.6 is 0 Å². The number of nitrogens with one attached hydrogen (secondary N) is 2. The van der Waals surface area contributed by atoms with Crippen LogP contribution < -0.4 is 15.6 Å². The van der Waals surface area contributed by atoms with Crippen molar-refractivity contribution in [2.45, 2.75) is 6.18 Å². The molecule has 122 valence electrons. The maximum Gasteiger partial charge on any atom is 0.416 e. The van der Waals surface area contributed by atoms with Crippen LogP contribution in [-0.2, 0) is 6.18 Å². The van der Waals surface area contributed by atoms with Crippen LogP contribution in [-0.4, -0.2) is 18.0 Å². The minimum Gasteiger partial charge on any atom is -0.479 e. The van der Waals surface area contributed by atoms with Crippen molar-refractivity contribution in [2.75, 3.05) is 12.5 Å². The number of nitrogens with zero attached hydrogens (tertiary/aromatic N) is 1. The molecular formula is C14H11F4N3O2. The molecule has 0 spiro atoms. The molecule has 2 aromatic rings. The largest absolute Gasteiger partial charge is 0.479 e. The molecule has 1 aromatic heterocycles. The van der Waals surface area contributed by atoms with Crippen molar-refractivity contribution in [1.29, 1.82) is 0 Å². The zero-order valence-corrected chi connectivity index (χ0v) is 11.7. The first kappa shape index (κ1) is 16.5.